The van der Waals surface area contributed by atoms with E-state index < -0.39 is 0 Å². The van der Waals surface area contributed by atoms with E-state index in [1.807, 2.05) is 18.2 Å². The molecule has 1 aromatic rings. The Morgan fingerprint density at radius 2 is 2.27 bits per heavy atom. The van der Waals surface area contributed by atoms with Crippen LogP contribution in [0.5, 0.6) is 0 Å². The molecule has 0 radical (unpaired) electrons. The van der Waals surface area contributed by atoms with E-state index in [2.05, 4.69) is 6.07 Å². The molecule has 1 unspecified atom stereocenters. The SMILES string of the molecule is ClCC1(Cc2cccc(Cl)c2)CCCO1. The predicted octanol–water partition coefficient (Wildman–Crippen LogP) is 3.67. The number of benzene rings is 1. The molecular weight excluding hydrogens is 231 g/mol. The van der Waals surface area contributed by atoms with Crippen LogP contribution in [0.25, 0.3) is 0 Å². The second-order valence-corrected chi connectivity index (χ2v) is 4.78. The minimum Gasteiger partial charge on any atom is -0.373 e. The Hall–Kier alpha value is -0.240. The van der Waals surface area contributed by atoms with Gasteiger partial charge in [-0.05, 0) is 30.5 Å². The average Bonchev–Trinajstić information content (AvgIpc) is 2.67. The fourth-order valence-corrected chi connectivity index (χ4v) is 2.58. The zero-order valence-electron chi connectivity index (χ0n) is 8.51. The highest BCUT2D eigenvalue weighted by molar-refractivity contribution is 6.30. The van der Waals surface area contributed by atoms with Gasteiger partial charge in [-0.15, -0.1) is 11.6 Å². The fourth-order valence-electron chi connectivity index (χ4n) is 2.07. The lowest BCUT2D eigenvalue weighted by Crippen LogP contribution is -2.32. The maximum absolute atomic E-state index is 6.00. The first-order valence-corrected chi connectivity index (χ1v) is 6.10. The molecule has 0 aromatic heterocycles. The maximum atomic E-state index is 6.00. The number of hydrogen-bond donors (Lipinski definition) is 0. The van der Waals surface area contributed by atoms with Crippen LogP contribution in [0.4, 0.5) is 0 Å². The van der Waals surface area contributed by atoms with Gasteiger partial charge in [0.05, 0.1) is 11.5 Å². The molecule has 0 N–H and O–H groups in total. The normalized spacial score (nSPS) is 25.7. The summed E-state index contributed by atoms with van der Waals surface area (Å²) in [5.41, 5.74) is 1.04. The van der Waals surface area contributed by atoms with Gasteiger partial charge in [-0.3, -0.25) is 0 Å². The summed E-state index contributed by atoms with van der Waals surface area (Å²) in [6.45, 7) is 0.827. The molecule has 82 valence electrons. The summed E-state index contributed by atoms with van der Waals surface area (Å²) < 4.78 is 5.76. The van der Waals surface area contributed by atoms with Crippen LogP contribution in [-0.2, 0) is 11.2 Å². The van der Waals surface area contributed by atoms with Crippen molar-refractivity contribution in [2.24, 2.45) is 0 Å². The number of ether oxygens (including phenoxy) is 1. The van der Waals surface area contributed by atoms with E-state index in [0.29, 0.717) is 5.88 Å². The van der Waals surface area contributed by atoms with E-state index in [9.17, 15) is 0 Å². The van der Waals surface area contributed by atoms with E-state index in [-0.39, 0.29) is 5.60 Å². The predicted molar refractivity (Wildman–Crippen MR) is 63.8 cm³/mol. The molecule has 0 bridgehead atoms. The lowest BCUT2D eigenvalue weighted by Gasteiger charge is -2.25. The number of hydrogen-bond acceptors (Lipinski definition) is 1. The Balaban J connectivity index is 2.12. The van der Waals surface area contributed by atoms with E-state index in [0.717, 1.165) is 30.9 Å². The van der Waals surface area contributed by atoms with E-state index in [1.54, 1.807) is 0 Å². The molecule has 2 rings (SSSR count). The van der Waals surface area contributed by atoms with Crippen molar-refractivity contribution in [2.75, 3.05) is 12.5 Å². The lowest BCUT2D eigenvalue weighted by atomic mass is 9.93. The minimum absolute atomic E-state index is 0.160. The standard InChI is InChI=1S/C12H14Cl2O/c13-9-12(5-2-6-15-12)8-10-3-1-4-11(14)7-10/h1,3-4,7H,2,5-6,8-9H2. The molecule has 3 heteroatoms. The minimum atomic E-state index is -0.160. The third kappa shape index (κ3) is 2.66. The number of rotatable bonds is 3. The van der Waals surface area contributed by atoms with Gasteiger partial charge in [0, 0.05) is 18.1 Å². The van der Waals surface area contributed by atoms with Crippen molar-refractivity contribution in [3.63, 3.8) is 0 Å². The molecule has 0 spiro atoms. The van der Waals surface area contributed by atoms with Crippen LogP contribution >= 0.6 is 23.2 Å². The second kappa shape index (κ2) is 4.73. The van der Waals surface area contributed by atoms with Crippen LogP contribution in [0, 0.1) is 0 Å². The summed E-state index contributed by atoms with van der Waals surface area (Å²) >= 11 is 11.9. The van der Waals surface area contributed by atoms with Gasteiger partial charge in [0.2, 0.25) is 0 Å². The van der Waals surface area contributed by atoms with Crippen LogP contribution < -0.4 is 0 Å². The molecule has 1 atom stereocenters. The average molecular weight is 245 g/mol. The van der Waals surface area contributed by atoms with Crippen molar-refractivity contribution >= 4 is 23.2 Å². The monoisotopic (exact) mass is 244 g/mol. The zero-order chi connectivity index (χ0) is 10.7. The summed E-state index contributed by atoms with van der Waals surface area (Å²) in [4.78, 5) is 0. The van der Waals surface area contributed by atoms with Crippen molar-refractivity contribution in [3.8, 4) is 0 Å². The molecule has 1 heterocycles. The van der Waals surface area contributed by atoms with Gasteiger partial charge < -0.3 is 4.74 Å². The fraction of sp³-hybridized carbons (Fsp3) is 0.500. The van der Waals surface area contributed by atoms with Crippen molar-refractivity contribution in [1.29, 1.82) is 0 Å². The summed E-state index contributed by atoms with van der Waals surface area (Å²) in [7, 11) is 0. The van der Waals surface area contributed by atoms with Gasteiger partial charge in [0.15, 0.2) is 0 Å². The Morgan fingerprint density at radius 1 is 1.40 bits per heavy atom. The summed E-state index contributed by atoms with van der Waals surface area (Å²) in [5.74, 6) is 0.555. The summed E-state index contributed by atoms with van der Waals surface area (Å²) in [5, 5.41) is 0.773. The van der Waals surface area contributed by atoms with Crippen LogP contribution in [0.1, 0.15) is 18.4 Å². The molecule has 15 heavy (non-hydrogen) atoms. The third-order valence-corrected chi connectivity index (χ3v) is 3.57. The van der Waals surface area contributed by atoms with Crippen LogP contribution in [-0.4, -0.2) is 18.1 Å². The van der Waals surface area contributed by atoms with Gasteiger partial charge in [0.25, 0.3) is 0 Å². The van der Waals surface area contributed by atoms with Crippen LogP contribution in [0.3, 0.4) is 0 Å². The Kier molecular flexibility index (Phi) is 3.55. The van der Waals surface area contributed by atoms with E-state index >= 15 is 0 Å². The van der Waals surface area contributed by atoms with Gasteiger partial charge in [-0.2, -0.15) is 0 Å². The van der Waals surface area contributed by atoms with Gasteiger partial charge in [0.1, 0.15) is 0 Å². The molecular formula is C12H14Cl2O. The second-order valence-electron chi connectivity index (χ2n) is 4.08. The van der Waals surface area contributed by atoms with Crippen LogP contribution in [0.2, 0.25) is 5.02 Å². The maximum Gasteiger partial charge on any atom is 0.0858 e. The van der Waals surface area contributed by atoms with E-state index in [1.165, 1.54) is 5.56 Å². The molecule has 1 aliphatic heterocycles. The smallest absolute Gasteiger partial charge is 0.0858 e. The zero-order valence-corrected chi connectivity index (χ0v) is 10.0. The molecule has 1 aliphatic rings. The lowest BCUT2D eigenvalue weighted by molar-refractivity contribution is 0.0238. The van der Waals surface area contributed by atoms with Gasteiger partial charge in [-0.1, -0.05) is 23.7 Å². The molecule has 0 saturated carbocycles. The first-order chi connectivity index (χ1) is 7.24. The molecule has 1 nitrogen and oxygen atoms in total. The first kappa shape index (κ1) is 11.3. The topological polar surface area (TPSA) is 9.23 Å². The van der Waals surface area contributed by atoms with Crippen LogP contribution in [0.15, 0.2) is 24.3 Å². The van der Waals surface area contributed by atoms with Gasteiger partial charge in [-0.25, -0.2) is 0 Å². The Labute approximate surface area is 100 Å². The van der Waals surface area contributed by atoms with E-state index in [4.69, 9.17) is 27.9 Å². The van der Waals surface area contributed by atoms with Gasteiger partial charge >= 0.3 is 0 Å². The first-order valence-electron chi connectivity index (χ1n) is 5.18. The molecule has 1 saturated heterocycles. The van der Waals surface area contributed by atoms with Crippen molar-refractivity contribution in [3.05, 3.63) is 34.9 Å². The molecule has 1 fully saturated rings. The third-order valence-electron chi connectivity index (χ3n) is 2.84. The number of alkyl halides is 1. The van der Waals surface area contributed by atoms with Crippen molar-refractivity contribution in [1.82, 2.24) is 0 Å². The van der Waals surface area contributed by atoms with Crippen molar-refractivity contribution in [2.45, 2.75) is 24.9 Å². The molecule has 0 aliphatic carbocycles. The quantitative estimate of drug-likeness (QED) is 0.738. The highest BCUT2D eigenvalue weighted by Crippen LogP contribution is 2.31. The highest BCUT2D eigenvalue weighted by Gasteiger charge is 2.34. The van der Waals surface area contributed by atoms with Crippen molar-refractivity contribution < 1.29 is 4.74 Å². The molecule has 1 aromatic carbocycles. The highest BCUT2D eigenvalue weighted by atomic mass is 35.5. The number of halogens is 2. The summed E-state index contributed by atoms with van der Waals surface area (Å²) in [6.07, 6.45) is 3.01. The Bertz CT molecular complexity index is 332. The largest absolute Gasteiger partial charge is 0.373 e. The molecule has 0 amide bonds. The Morgan fingerprint density at radius 3 is 2.87 bits per heavy atom. The summed E-state index contributed by atoms with van der Waals surface area (Å²) in [6, 6.07) is 7.90.